The summed E-state index contributed by atoms with van der Waals surface area (Å²) in [6, 6.07) is 4.88. The van der Waals surface area contributed by atoms with Gasteiger partial charge in [-0.2, -0.15) is 0 Å². The van der Waals surface area contributed by atoms with Crippen molar-refractivity contribution in [2.75, 3.05) is 13.8 Å². The van der Waals surface area contributed by atoms with Gasteiger partial charge in [0.25, 0.3) is 0 Å². The number of nitrogens with one attached hydrogen (secondary N) is 1. The number of rotatable bonds is 7. The molecule has 0 saturated heterocycles. The molecule has 0 saturated carbocycles. The summed E-state index contributed by atoms with van der Waals surface area (Å²) in [4.78, 5) is 25.7. The van der Waals surface area contributed by atoms with Crippen LogP contribution in [0.1, 0.15) is 45.1 Å². The Kier molecular flexibility index (Phi) is 8.11. The van der Waals surface area contributed by atoms with Crippen LogP contribution >= 0.6 is 23.2 Å². The second kappa shape index (κ2) is 10.1. The lowest BCUT2D eigenvalue weighted by Crippen LogP contribution is -2.34. The molecule has 0 radical (unpaired) electrons. The molecule has 158 valence electrons. The van der Waals surface area contributed by atoms with Crippen LogP contribution in [0.15, 0.2) is 40.7 Å². The summed E-state index contributed by atoms with van der Waals surface area (Å²) in [6.07, 6.45) is 0.992. The van der Waals surface area contributed by atoms with Crippen LogP contribution in [0.2, 0.25) is 10.0 Å². The van der Waals surface area contributed by atoms with E-state index in [2.05, 4.69) is 5.32 Å². The molecule has 1 atom stereocenters. The smallest absolute Gasteiger partial charge is 0.337 e. The molecule has 1 heterocycles. The van der Waals surface area contributed by atoms with Crippen molar-refractivity contribution >= 4 is 35.1 Å². The normalized spacial score (nSPS) is 16.8. The van der Waals surface area contributed by atoms with E-state index in [1.807, 2.05) is 13.8 Å². The highest BCUT2D eigenvalue weighted by Crippen LogP contribution is 2.43. The van der Waals surface area contributed by atoms with Gasteiger partial charge in [-0.15, -0.1) is 0 Å². The number of alkyl halides is 1. The Hall–Kier alpha value is -2.05. The van der Waals surface area contributed by atoms with Crippen LogP contribution < -0.4 is 5.32 Å². The molecule has 5 nitrogen and oxygen atoms in total. The van der Waals surface area contributed by atoms with Gasteiger partial charge in [0.2, 0.25) is 0 Å². The predicted octanol–water partition coefficient (Wildman–Crippen LogP) is 5.08. The molecule has 0 spiro atoms. The number of halogens is 3. The number of benzene rings is 1. The maximum Gasteiger partial charge on any atom is 0.337 e. The van der Waals surface area contributed by atoms with E-state index in [1.165, 1.54) is 7.11 Å². The molecule has 0 bridgehead atoms. The first-order valence-corrected chi connectivity index (χ1v) is 10.1. The van der Waals surface area contributed by atoms with Crippen molar-refractivity contribution in [2.45, 2.75) is 45.6 Å². The van der Waals surface area contributed by atoms with E-state index in [0.29, 0.717) is 24.1 Å². The third kappa shape index (κ3) is 4.75. The van der Waals surface area contributed by atoms with Gasteiger partial charge in [0.15, 0.2) is 0 Å². The standard InChI is InChI=1S/C21H24Cl2FNO4/c1-5-12(6-2)29-21(27)16-11(3)25-15(10-24)18(20(26)28-4)17(16)13-8-7-9-14(22)19(13)23/h7-9,12,17,25H,5-6,10H2,1-4H3. The molecular weight excluding hydrogens is 420 g/mol. The first-order valence-electron chi connectivity index (χ1n) is 9.30. The van der Waals surface area contributed by atoms with Crippen LogP contribution in [0.5, 0.6) is 0 Å². The van der Waals surface area contributed by atoms with Crippen molar-refractivity contribution in [1.82, 2.24) is 5.32 Å². The molecular formula is C21H24Cl2FNO4. The van der Waals surface area contributed by atoms with Crippen molar-refractivity contribution < 1.29 is 23.5 Å². The lowest BCUT2D eigenvalue weighted by atomic mass is 9.80. The fourth-order valence-corrected chi connectivity index (χ4v) is 3.76. The average molecular weight is 444 g/mol. The topological polar surface area (TPSA) is 64.6 Å². The Labute approximate surface area is 179 Å². The molecule has 0 aromatic heterocycles. The highest BCUT2D eigenvalue weighted by molar-refractivity contribution is 6.42. The minimum Gasteiger partial charge on any atom is -0.466 e. The van der Waals surface area contributed by atoms with E-state index in [9.17, 15) is 14.0 Å². The monoisotopic (exact) mass is 443 g/mol. The first kappa shape index (κ1) is 23.2. The molecule has 1 aromatic carbocycles. The van der Waals surface area contributed by atoms with E-state index < -0.39 is 24.5 Å². The number of hydrogen-bond acceptors (Lipinski definition) is 5. The minimum absolute atomic E-state index is 0.00877. The van der Waals surface area contributed by atoms with Gasteiger partial charge in [0.05, 0.1) is 39.9 Å². The lowest BCUT2D eigenvalue weighted by molar-refractivity contribution is -0.145. The Bertz CT molecular complexity index is 862. The molecule has 1 N–H and O–H groups in total. The van der Waals surface area contributed by atoms with Gasteiger partial charge in [0.1, 0.15) is 12.8 Å². The third-order valence-corrected chi connectivity index (χ3v) is 5.71. The van der Waals surface area contributed by atoms with E-state index in [0.717, 1.165) is 0 Å². The number of esters is 2. The summed E-state index contributed by atoms with van der Waals surface area (Å²) >= 11 is 12.6. The third-order valence-electron chi connectivity index (χ3n) is 4.88. The summed E-state index contributed by atoms with van der Waals surface area (Å²) in [7, 11) is 1.19. The van der Waals surface area contributed by atoms with Crippen LogP contribution in [-0.2, 0) is 19.1 Å². The maximum absolute atomic E-state index is 13.8. The zero-order valence-electron chi connectivity index (χ0n) is 16.8. The van der Waals surface area contributed by atoms with Crippen molar-refractivity contribution in [1.29, 1.82) is 0 Å². The van der Waals surface area contributed by atoms with Gasteiger partial charge in [-0.3, -0.25) is 0 Å². The van der Waals surface area contributed by atoms with Gasteiger partial charge in [0, 0.05) is 5.70 Å². The molecule has 0 aliphatic carbocycles. The largest absolute Gasteiger partial charge is 0.466 e. The number of carbonyl (C=O) groups is 2. The molecule has 1 aromatic rings. The highest BCUT2D eigenvalue weighted by atomic mass is 35.5. The van der Waals surface area contributed by atoms with Gasteiger partial charge in [-0.1, -0.05) is 49.2 Å². The minimum atomic E-state index is -0.984. The van der Waals surface area contributed by atoms with Gasteiger partial charge in [-0.25, -0.2) is 14.0 Å². The number of allylic oxidation sites excluding steroid dienone is 2. The zero-order valence-corrected chi connectivity index (χ0v) is 18.3. The van der Waals surface area contributed by atoms with E-state index in [1.54, 1.807) is 25.1 Å². The summed E-state index contributed by atoms with van der Waals surface area (Å²) < 4.78 is 24.3. The fourth-order valence-electron chi connectivity index (χ4n) is 3.35. The summed E-state index contributed by atoms with van der Waals surface area (Å²) in [5.41, 5.74) is 0.902. The average Bonchev–Trinajstić information content (AvgIpc) is 2.72. The second-order valence-corrected chi connectivity index (χ2v) is 7.39. The van der Waals surface area contributed by atoms with Crippen molar-refractivity contribution in [3.8, 4) is 0 Å². The number of dihydropyridines is 1. The van der Waals surface area contributed by atoms with Crippen LogP contribution in [0, 0.1) is 0 Å². The molecule has 1 unspecified atom stereocenters. The van der Waals surface area contributed by atoms with Crippen LogP contribution in [0.25, 0.3) is 0 Å². The zero-order chi connectivity index (χ0) is 21.7. The molecule has 29 heavy (non-hydrogen) atoms. The Morgan fingerprint density at radius 2 is 1.83 bits per heavy atom. The molecule has 1 aliphatic rings. The Morgan fingerprint density at radius 1 is 1.17 bits per heavy atom. The predicted molar refractivity (Wildman–Crippen MR) is 111 cm³/mol. The molecule has 0 amide bonds. The number of ether oxygens (including phenoxy) is 2. The number of carbonyl (C=O) groups excluding carboxylic acids is 2. The van der Waals surface area contributed by atoms with Gasteiger partial charge >= 0.3 is 11.9 Å². The maximum atomic E-state index is 13.8. The number of methoxy groups -OCH3 is 1. The molecule has 0 fully saturated rings. The second-order valence-electron chi connectivity index (χ2n) is 6.60. The Balaban J connectivity index is 2.71. The summed E-state index contributed by atoms with van der Waals surface area (Å²) in [5, 5.41) is 3.23. The van der Waals surface area contributed by atoms with E-state index in [-0.39, 0.29) is 33.0 Å². The summed E-state index contributed by atoms with van der Waals surface area (Å²) in [5.74, 6) is -2.36. The van der Waals surface area contributed by atoms with Crippen molar-refractivity contribution in [3.05, 3.63) is 56.3 Å². The number of hydrogen-bond donors (Lipinski definition) is 1. The van der Waals surface area contributed by atoms with E-state index in [4.69, 9.17) is 32.7 Å². The molecule has 1 aliphatic heterocycles. The van der Waals surface area contributed by atoms with Crippen LogP contribution in [-0.4, -0.2) is 31.8 Å². The SMILES string of the molecule is CCC(CC)OC(=O)C1=C(C)NC(CF)=C(C(=O)OC)C1c1cccc(Cl)c1Cl. The molecule has 2 rings (SSSR count). The quantitative estimate of drug-likeness (QED) is 0.594. The van der Waals surface area contributed by atoms with E-state index >= 15 is 0 Å². The fraction of sp³-hybridized carbons (Fsp3) is 0.429. The van der Waals surface area contributed by atoms with Crippen LogP contribution in [0.4, 0.5) is 4.39 Å². The van der Waals surface area contributed by atoms with Gasteiger partial charge < -0.3 is 14.8 Å². The molecule has 8 heteroatoms. The lowest BCUT2D eigenvalue weighted by Gasteiger charge is -2.31. The van der Waals surface area contributed by atoms with Crippen molar-refractivity contribution in [3.63, 3.8) is 0 Å². The highest BCUT2D eigenvalue weighted by Gasteiger charge is 2.40. The van der Waals surface area contributed by atoms with Crippen molar-refractivity contribution in [2.24, 2.45) is 0 Å². The first-order chi connectivity index (χ1) is 13.8. The van der Waals surface area contributed by atoms with Gasteiger partial charge in [-0.05, 0) is 31.4 Å². The van der Waals surface area contributed by atoms with Crippen LogP contribution in [0.3, 0.4) is 0 Å². The summed E-state index contributed by atoms with van der Waals surface area (Å²) in [6.45, 7) is 4.49. The Morgan fingerprint density at radius 3 is 2.38 bits per heavy atom.